The molecule has 0 spiro atoms. The van der Waals surface area contributed by atoms with Crippen molar-refractivity contribution >= 4 is 43.4 Å². The topological polar surface area (TPSA) is 51.2 Å². The van der Waals surface area contributed by atoms with Crippen LogP contribution in [0.15, 0.2) is 46.9 Å². The molecule has 1 heterocycles. The second kappa shape index (κ2) is 7.06. The minimum Gasteiger partial charge on any atom is -0.483 e. The third-order valence-corrected chi connectivity index (χ3v) is 4.68. The van der Waals surface area contributed by atoms with E-state index < -0.39 is 0 Å². The number of halogens is 2. The molecular formula is C16H12BrFN2O2S. The van der Waals surface area contributed by atoms with Crippen molar-refractivity contribution in [3.05, 3.63) is 57.8 Å². The molecule has 1 aromatic heterocycles. The molecular weight excluding hydrogens is 383 g/mol. The maximum atomic E-state index is 13.0. The fourth-order valence-electron chi connectivity index (χ4n) is 1.96. The summed E-state index contributed by atoms with van der Waals surface area (Å²) >= 11 is 4.73. The van der Waals surface area contributed by atoms with Crippen molar-refractivity contribution in [3.63, 3.8) is 0 Å². The highest BCUT2D eigenvalue weighted by Gasteiger charge is 2.08. The molecule has 0 atom stereocenters. The van der Waals surface area contributed by atoms with E-state index in [1.807, 2.05) is 24.3 Å². The highest BCUT2D eigenvalue weighted by molar-refractivity contribution is 9.10. The van der Waals surface area contributed by atoms with E-state index >= 15 is 0 Å². The Kier molecular flexibility index (Phi) is 4.88. The zero-order valence-electron chi connectivity index (χ0n) is 11.9. The maximum absolute atomic E-state index is 13.0. The molecule has 0 aliphatic rings. The average molecular weight is 395 g/mol. The number of thiazole rings is 1. The second-order valence-corrected chi connectivity index (χ2v) is 6.69. The molecule has 3 aromatic rings. The minimum absolute atomic E-state index is 0.144. The van der Waals surface area contributed by atoms with Gasteiger partial charge in [0.2, 0.25) is 0 Å². The van der Waals surface area contributed by atoms with E-state index in [2.05, 4.69) is 26.2 Å². The number of aromatic nitrogens is 1. The number of rotatable bonds is 5. The Bertz CT molecular complexity index is 820. The van der Waals surface area contributed by atoms with Crippen LogP contribution in [0, 0.1) is 5.82 Å². The molecule has 4 nitrogen and oxygen atoms in total. The van der Waals surface area contributed by atoms with Crippen molar-refractivity contribution in [1.29, 1.82) is 0 Å². The molecule has 23 heavy (non-hydrogen) atoms. The van der Waals surface area contributed by atoms with Gasteiger partial charge in [0.05, 0.1) is 21.2 Å². The first-order valence-corrected chi connectivity index (χ1v) is 8.42. The number of nitrogens with one attached hydrogen (secondary N) is 1. The summed E-state index contributed by atoms with van der Waals surface area (Å²) in [5.74, 6) is -0.216. The number of amides is 1. The van der Waals surface area contributed by atoms with Gasteiger partial charge in [0, 0.05) is 0 Å². The molecule has 0 radical (unpaired) electrons. The van der Waals surface area contributed by atoms with Crippen molar-refractivity contribution in [3.8, 4) is 5.75 Å². The number of nitrogens with zero attached hydrogens (tertiary/aromatic N) is 1. The lowest BCUT2D eigenvalue weighted by Gasteiger charge is -2.08. The van der Waals surface area contributed by atoms with Crippen LogP contribution in [0.3, 0.4) is 0 Å². The van der Waals surface area contributed by atoms with E-state index in [4.69, 9.17) is 4.74 Å². The first-order valence-electron chi connectivity index (χ1n) is 6.81. The number of benzene rings is 2. The molecule has 0 unspecified atom stereocenters. The SMILES string of the molecule is O=C(COc1ccc(F)cc1Br)NCc1nc2ccccc2s1. The number of carbonyl (C=O) groups excluding carboxylic acids is 1. The quantitative estimate of drug-likeness (QED) is 0.713. The summed E-state index contributed by atoms with van der Waals surface area (Å²) in [6.07, 6.45) is 0. The third-order valence-electron chi connectivity index (χ3n) is 3.03. The van der Waals surface area contributed by atoms with E-state index in [0.717, 1.165) is 15.2 Å². The summed E-state index contributed by atoms with van der Waals surface area (Å²) in [6, 6.07) is 11.9. The molecule has 0 saturated carbocycles. The predicted octanol–water partition coefficient (Wildman–Crippen LogP) is 3.89. The van der Waals surface area contributed by atoms with Crippen molar-refractivity contribution < 1.29 is 13.9 Å². The van der Waals surface area contributed by atoms with Crippen LogP contribution in [-0.4, -0.2) is 17.5 Å². The zero-order chi connectivity index (χ0) is 16.2. The van der Waals surface area contributed by atoms with Gasteiger partial charge in [-0.25, -0.2) is 9.37 Å². The molecule has 0 aliphatic heterocycles. The molecule has 0 fully saturated rings. The largest absolute Gasteiger partial charge is 0.483 e. The predicted molar refractivity (Wildman–Crippen MR) is 91.1 cm³/mol. The Labute approximate surface area is 144 Å². The Morgan fingerprint density at radius 2 is 2.13 bits per heavy atom. The number of fused-ring (bicyclic) bond motifs is 1. The summed E-state index contributed by atoms with van der Waals surface area (Å²) in [7, 11) is 0. The Hall–Kier alpha value is -1.99. The fourth-order valence-corrected chi connectivity index (χ4v) is 3.33. The van der Waals surface area contributed by atoms with Gasteiger partial charge in [-0.2, -0.15) is 0 Å². The van der Waals surface area contributed by atoms with Crippen LogP contribution in [0.4, 0.5) is 4.39 Å². The number of ether oxygens (including phenoxy) is 1. The van der Waals surface area contributed by atoms with Crippen LogP contribution in [-0.2, 0) is 11.3 Å². The lowest BCUT2D eigenvalue weighted by Crippen LogP contribution is -2.28. The highest BCUT2D eigenvalue weighted by Crippen LogP contribution is 2.25. The second-order valence-electron chi connectivity index (χ2n) is 4.72. The zero-order valence-corrected chi connectivity index (χ0v) is 14.3. The van der Waals surface area contributed by atoms with Crippen molar-refractivity contribution in [1.82, 2.24) is 10.3 Å². The molecule has 1 amide bonds. The summed E-state index contributed by atoms with van der Waals surface area (Å²) in [5.41, 5.74) is 0.924. The summed E-state index contributed by atoms with van der Waals surface area (Å²) in [5, 5.41) is 3.59. The fraction of sp³-hybridized carbons (Fsp3) is 0.125. The van der Waals surface area contributed by atoms with E-state index in [1.165, 1.54) is 18.2 Å². The van der Waals surface area contributed by atoms with Gasteiger partial charge in [-0.15, -0.1) is 11.3 Å². The van der Waals surface area contributed by atoms with E-state index in [9.17, 15) is 9.18 Å². The van der Waals surface area contributed by atoms with E-state index in [-0.39, 0.29) is 18.3 Å². The monoisotopic (exact) mass is 394 g/mol. The van der Waals surface area contributed by atoms with Crippen LogP contribution in [0.2, 0.25) is 0 Å². The molecule has 1 N–H and O–H groups in total. The van der Waals surface area contributed by atoms with Crippen molar-refractivity contribution in [2.24, 2.45) is 0 Å². The van der Waals surface area contributed by atoms with Crippen LogP contribution in [0.5, 0.6) is 5.75 Å². The Morgan fingerprint density at radius 1 is 1.30 bits per heavy atom. The summed E-state index contributed by atoms with van der Waals surface area (Å²) < 4.78 is 19.9. The smallest absolute Gasteiger partial charge is 0.258 e. The average Bonchev–Trinajstić information content (AvgIpc) is 2.95. The number of hydrogen-bond acceptors (Lipinski definition) is 4. The van der Waals surface area contributed by atoms with Crippen LogP contribution < -0.4 is 10.1 Å². The van der Waals surface area contributed by atoms with Crippen molar-refractivity contribution in [2.75, 3.05) is 6.61 Å². The third kappa shape index (κ3) is 4.05. The van der Waals surface area contributed by atoms with Crippen LogP contribution in [0.25, 0.3) is 10.2 Å². The van der Waals surface area contributed by atoms with E-state index in [0.29, 0.717) is 16.8 Å². The van der Waals surface area contributed by atoms with Crippen LogP contribution in [0.1, 0.15) is 5.01 Å². The van der Waals surface area contributed by atoms with Gasteiger partial charge in [0.15, 0.2) is 6.61 Å². The first-order chi connectivity index (χ1) is 11.1. The van der Waals surface area contributed by atoms with Gasteiger partial charge in [-0.3, -0.25) is 4.79 Å². The van der Waals surface area contributed by atoms with Gasteiger partial charge >= 0.3 is 0 Å². The molecule has 2 aromatic carbocycles. The number of carbonyl (C=O) groups is 1. The van der Waals surface area contributed by atoms with Gasteiger partial charge in [-0.05, 0) is 46.3 Å². The molecule has 7 heteroatoms. The van der Waals surface area contributed by atoms with Crippen molar-refractivity contribution in [2.45, 2.75) is 6.54 Å². The van der Waals surface area contributed by atoms with Crippen LogP contribution >= 0.6 is 27.3 Å². The molecule has 118 valence electrons. The lowest BCUT2D eigenvalue weighted by atomic mass is 10.3. The molecule has 0 aliphatic carbocycles. The molecule has 0 saturated heterocycles. The normalized spacial score (nSPS) is 10.7. The lowest BCUT2D eigenvalue weighted by molar-refractivity contribution is -0.123. The number of hydrogen-bond donors (Lipinski definition) is 1. The van der Waals surface area contributed by atoms with Gasteiger partial charge < -0.3 is 10.1 Å². The summed E-state index contributed by atoms with van der Waals surface area (Å²) in [6.45, 7) is 0.210. The standard InChI is InChI=1S/C16H12BrFN2O2S/c17-11-7-10(18)5-6-13(11)22-9-15(21)19-8-16-20-12-3-1-2-4-14(12)23-16/h1-7H,8-9H2,(H,19,21). The number of para-hydroxylation sites is 1. The van der Waals surface area contributed by atoms with E-state index in [1.54, 1.807) is 11.3 Å². The highest BCUT2D eigenvalue weighted by atomic mass is 79.9. The van der Waals surface area contributed by atoms with Gasteiger partial charge in [0.25, 0.3) is 5.91 Å². The Balaban J connectivity index is 1.53. The molecule has 0 bridgehead atoms. The molecule has 3 rings (SSSR count). The first kappa shape index (κ1) is 15.9. The Morgan fingerprint density at radius 3 is 2.91 bits per heavy atom. The maximum Gasteiger partial charge on any atom is 0.258 e. The van der Waals surface area contributed by atoms with Gasteiger partial charge in [-0.1, -0.05) is 12.1 Å². The summed E-state index contributed by atoms with van der Waals surface area (Å²) in [4.78, 5) is 16.3. The van der Waals surface area contributed by atoms with Gasteiger partial charge in [0.1, 0.15) is 16.6 Å². The minimum atomic E-state index is -0.371.